The van der Waals surface area contributed by atoms with E-state index in [2.05, 4.69) is 5.32 Å². The van der Waals surface area contributed by atoms with E-state index in [1.807, 2.05) is 0 Å². The Morgan fingerprint density at radius 3 is 2.27 bits per heavy atom. The molecule has 0 radical (unpaired) electrons. The number of hydrogen-bond acceptors (Lipinski definition) is 4. The molecule has 0 bridgehead atoms. The van der Waals surface area contributed by atoms with E-state index in [0.29, 0.717) is 45.2 Å². The average molecular weight is 309 g/mol. The molecule has 7 heteroatoms. The molecule has 122 valence electrons. The van der Waals surface area contributed by atoms with Gasteiger partial charge in [-0.1, -0.05) is 0 Å². The monoisotopic (exact) mass is 309 g/mol. The van der Waals surface area contributed by atoms with Gasteiger partial charge >= 0.3 is 6.09 Å². The highest BCUT2D eigenvalue weighted by molar-refractivity contribution is 5.92. The quantitative estimate of drug-likeness (QED) is 0.805. The molecule has 1 heterocycles. The zero-order valence-electron chi connectivity index (χ0n) is 12.9. The minimum atomic E-state index is -0.317. The summed E-state index contributed by atoms with van der Waals surface area (Å²) in [6, 6.07) is 0.344. The zero-order chi connectivity index (χ0) is 15.7. The molecule has 3 rings (SSSR count). The highest BCUT2D eigenvalue weighted by Crippen LogP contribution is 2.41. The van der Waals surface area contributed by atoms with Crippen molar-refractivity contribution in [2.24, 2.45) is 11.8 Å². The van der Waals surface area contributed by atoms with Crippen LogP contribution >= 0.6 is 0 Å². The van der Waals surface area contributed by atoms with Gasteiger partial charge in [-0.15, -0.1) is 0 Å². The molecule has 1 N–H and O–H groups in total. The Morgan fingerprint density at radius 1 is 1.05 bits per heavy atom. The number of nitrogens with zero attached hydrogens (tertiary/aromatic N) is 2. The van der Waals surface area contributed by atoms with E-state index in [1.165, 1.54) is 0 Å². The third kappa shape index (κ3) is 3.34. The summed E-state index contributed by atoms with van der Waals surface area (Å²) < 4.78 is 4.96. The molecule has 2 atom stereocenters. The van der Waals surface area contributed by atoms with Gasteiger partial charge in [0.2, 0.25) is 11.8 Å². The van der Waals surface area contributed by atoms with Crippen molar-refractivity contribution in [1.82, 2.24) is 15.1 Å². The van der Waals surface area contributed by atoms with Gasteiger partial charge in [-0.3, -0.25) is 9.59 Å². The van der Waals surface area contributed by atoms with Crippen molar-refractivity contribution in [3.63, 3.8) is 0 Å². The highest BCUT2D eigenvalue weighted by atomic mass is 16.6. The number of piperazine rings is 1. The van der Waals surface area contributed by atoms with Crippen molar-refractivity contribution in [2.45, 2.75) is 32.2 Å². The van der Waals surface area contributed by atoms with Crippen molar-refractivity contribution in [3.8, 4) is 0 Å². The van der Waals surface area contributed by atoms with Gasteiger partial charge in [-0.2, -0.15) is 0 Å². The SMILES string of the molecule is CCOC(=O)N1CCN(C(=O)C2CC2C(=O)NC2CC2)CC1. The summed E-state index contributed by atoms with van der Waals surface area (Å²) in [4.78, 5) is 39.3. The van der Waals surface area contributed by atoms with Crippen molar-refractivity contribution >= 4 is 17.9 Å². The Balaban J connectivity index is 1.43. The van der Waals surface area contributed by atoms with Crippen LogP contribution in [-0.2, 0) is 14.3 Å². The number of rotatable bonds is 4. The van der Waals surface area contributed by atoms with E-state index in [1.54, 1.807) is 16.7 Å². The molecular formula is C15H23N3O4. The molecule has 7 nitrogen and oxygen atoms in total. The molecule has 0 aromatic heterocycles. The molecule has 2 aliphatic carbocycles. The fourth-order valence-electron chi connectivity index (χ4n) is 2.85. The van der Waals surface area contributed by atoms with Crippen molar-refractivity contribution in [2.75, 3.05) is 32.8 Å². The number of hydrogen-bond donors (Lipinski definition) is 1. The largest absolute Gasteiger partial charge is 0.450 e. The molecule has 22 heavy (non-hydrogen) atoms. The summed E-state index contributed by atoms with van der Waals surface area (Å²) in [5.74, 6) is -0.213. The van der Waals surface area contributed by atoms with Gasteiger partial charge in [0.15, 0.2) is 0 Å². The second kappa shape index (κ2) is 6.14. The molecule has 3 fully saturated rings. The summed E-state index contributed by atoms with van der Waals surface area (Å²) in [5, 5.41) is 2.96. The maximum absolute atomic E-state index is 12.4. The lowest BCUT2D eigenvalue weighted by Crippen LogP contribution is -2.51. The van der Waals surface area contributed by atoms with E-state index in [4.69, 9.17) is 4.74 Å². The van der Waals surface area contributed by atoms with Crippen LogP contribution in [0.15, 0.2) is 0 Å². The maximum atomic E-state index is 12.4. The maximum Gasteiger partial charge on any atom is 0.409 e. The Hall–Kier alpha value is -1.79. The van der Waals surface area contributed by atoms with Gasteiger partial charge < -0.3 is 19.9 Å². The van der Waals surface area contributed by atoms with Crippen LogP contribution in [0.25, 0.3) is 0 Å². The first kappa shape index (κ1) is 15.1. The van der Waals surface area contributed by atoms with Gasteiger partial charge in [0.25, 0.3) is 0 Å². The van der Waals surface area contributed by atoms with Gasteiger partial charge in [0.05, 0.1) is 18.4 Å². The molecule has 1 saturated heterocycles. The van der Waals surface area contributed by atoms with Crippen LogP contribution in [0.3, 0.4) is 0 Å². The molecule has 2 saturated carbocycles. The Kier molecular flexibility index (Phi) is 4.22. The predicted molar refractivity (Wildman–Crippen MR) is 77.9 cm³/mol. The molecule has 0 spiro atoms. The van der Waals surface area contributed by atoms with Crippen LogP contribution in [0.1, 0.15) is 26.2 Å². The van der Waals surface area contributed by atoms with Crippen LogP contribution in [0.4, 0.5) is 4.79 Å². The third-order valence-electron chi connectivity index (χ3n) is 4.49. The second-order valence-electron chi connectivity index (χ2n) is 6.24. The summed E-state index contributed by atoms with van der Waals surface area (Å²) in [7, 11) is 0. The standard InChI is InChI=1S/C15H23N3O4/c1-2-22-15(21)18-7-5-17(6-8-18)14(20)12-9-11(12)13(19)16-10-3-4-10/h10-12H,2-9H2,1H3,(H,16,19). The van der Waals surface area contributed by atoms with Crippen LogP contribution in [0, 0.1) is 11.8 Å². The van der Waals surface area contributed by atoms with Crippen molar-refractivity contribution < 1.29 is 19.1 Å². The zero-order valence-corrected chi connectivity index (χ0v) is 12.9. The number of carbonyl (C=O) groups is 3. The van der Waals surface area contributed by atoms with Gasteiger partial charge in [-0.25, -0.2) is 4.79 Å². The fourth-order valence-corrected chi connectivity index (χ4v) is 2.85. The average Bonchev–Trinajstić information content (AvgIpc) is 3.40. The third-order valence-corrected chi connectivity index (χ3v) is 4.49. The van der Waals surface area contributed by atoms with E-state index < -0.39 is 0 Å². The Morgan fingerprint density at radius 2 is 1.68 bits per heavy atom. The van der Waals surface area contributed by atoms with Gasteiger partial charge in [0, 0.05) is 32.2 Å². The second-order valence-corrected chi connectivity index (χ2v) is 6.24. The molecule has 3 amide bonds. The first-order valence-electron chi connectivity index (χ1n) is 8.11. The fraction of sp³-hybridized carbons (Fsp3) is 0.800. The van der Waals surface area contributed by atoms with Crippen molar-refractivity contribution in [1.29, 1.82) is 0 Å². The van der Waals surface area contributed by atoms with Gasteiger partial charge in [0.1, 0.15) is 0 Å². The van der Waals surface area contributed by atoms with Crippen LogP contribution in [0.2, 0.25) is 0 Å². The lowest BCUT2D eigenvalue weighted by molar-refractivity contribution is -0.136. The predicted octanol–water partition coefficient (Wildman–Crippen LogP) is 0.202. The lowest BCUT2D eigenvalue weighted by atomic mass is 10.2. The Bertz CT molecular complexity index is 469. The molecule has 3 aliphatic rings. The summed E-state index contributed by atoms with van der Waals surface area (Å²) >= 11 is 0. The molecule has 2 unspecified atom stereocenters. The van der Waals surface area contributed by atoms with E-state index >= 15 is 0 Å². The summed E-state index contributed by atoms with van der Waals surface area (Å²) in [6.45, 7) is 4.16. The molecule has 1 aliphatic heterocycles. The smallest absolute Gasteiger partial charge is 0.409 e. The topological polar surface area (TPSA) is 79.0 Å². The summed E-state index contributed by atoms with van der Waals surface area (Å²) in [6.07, 6.45) is 2.47. The minimum absolute atomic E-state index is 0.0333. The van der Waals surface area contributed by atoms with Crippen LogP contribution in [-0.4, -0.2) is 66.5 Å². The highest BCUT2D eigenvalue weighted by Gasteiger charge is 2.50. The molecule has 0 aromatic rings. The number of nitrogens with one attached hydrogen (secondary N) is 1. The van der Waals surface area contributed by atoms with Crippen LogP contribution < -0.4 is 5.32 Å². The molecule has 0 aromatic carbocycles. The number of carbonyl (C=O) groups excluding carboxylic acids is 3. The number of amides is 3. The molecular weight excluding hydrogens is 286 g/mol. The van der Waals surface area contributed by atoms with E-state index in [9.17, 15) is 14.4 Å². The first-order chi connectivity index (χ1) is 10.6. The lowest BCUT2D eigenvalue weighted by Gasteiger charge is -2.34. The first-order valence-corrected chi connectivity index (χ1v) is 8.11. The number of ether oxygens (including phenoxy) is 1. The summed E-state index contributed by atoms with van der Waals surface area (Å²) in [5.41, 5.74) is 0. The normalized spacial score (nSPS) is 27.3. The van der Waals surface area contributed by atoms with E-state index in [0.717, 1.165) is 12.8 Å². The van der Waals surface area contributed by atoms with Gasteiger partial charge in [-0.05, 0) is 26.2 Å². The van der Waals surface area contributed by atoms with E-state index in [-0.39, 0.29) is 29.7 Å². The minimum Gasteiger partial charge on any atom is -0.450 e. The van der Waals surface area contributed by atoms with Crippen LogP contribution in [0.5, 0.6) is 0 Å². The Labute approximate surface area is 129 Å². The van der Waals surface area contributed by atoms with Crippen molar-refractivity contribution in [3.05, 3.63) is 0 Å².